The fourth-order valence-electron chi connectivity index (χ4n) is 3.48. The summed E-state index contributed by atoms with van der Waals surface area (Å²) in [6, 6.07) is 13.7. The standard InChI is InChI=1S/C22H25F3N2O/c1-26(2)21(28)19-14-27(15-19)13-18-10-7-16(8-11-18)6-9-17-4-3-5-20(12-17)22(23,24)25/h3-5,7-8,10-12,19H,6,9,13-15H2,1-2H3. The summed E-state index contributed by atoms with van der Waals surface area (Å²) in [5, 5.41) is 0. The molecule has 0 aliphatic carbocycles. The molecule has 0 N–H and O–H groups in total. The van der Waals surface area contributed by atoms with Crippen LogP contribution >= 0.6 is 0 Å². The Bertz CT molecular complexity index is 809. The predicted molar refractivity (Wildman–Crippen MR) is 103 cm³/mol. The van der Waals surface area contributed by atoms with Crippen molar-refractivity contribution < 1.29 is 18.0 Å². The van der Waals surface area contributed by atoms with Crippen LogP contribution in [0.2, 0.25) is 0 Å². The van der Waals surface area contributed by atoms with Crippen LogP contribution in [0.25, 0.3) is 0 Å². The highest BCUT2D eigenvalue weighted by molar-refractivity contribution is 5.79. The maximum Gasteiger partial charge on any atom is 0.416 e. The van der Waals surface area contributed by atoms with E-state index >= 15 is 0 Å². The topological polar surface area (TPSA) is 23.6 Å². The molecule has 0 atom stereocenters. The molecular weight excluding hydrogens is 365 g/mol. The number of amides is 1. The molecule has 1 fully saturated rings. The van der Waals surface area contributed by atoms with Crippen LogP contribution in [-0.4, -0.2) is 42.9 Å². The van der Waals surface area contributed by atoms with Gasteiger partial charge in [0.1, 0.15) is 0 Å². The summed E-state index contributed by atoms with van der Waals surface area (Å²) in [6.45, 7) is 2.38. The first-order chi connectivity index (χ1) is 13.2. The lowest BCUT2D eigenvalue weighted by Crippen LogP contribution is -2.52. The number of likely N-dealkylation sites (tertiary alicyclic amines) is 1. The fourth-order valence-corrected chi connectivity index (χ4v) is 3.48. The number of carbonyl (C=O) groups excluding carboxylic acids is 1. The van der Waals surface area contributed by atoms with Crippen LogP contribution in [0.4, 0.5) is 13.2 Å². The Morgan fingerprint density at radius 2 is 1.61 bits per heavy atom. The van der Waals surface area contributed by atoms with Gasteiger partial charge in [0.15, 0.2) is 0 Å². The number of nitrogens with zero attached hydrogens (tertiary/aromatic N) is 2. The monoisotopic (exact) mass is 390 g/mol. The van der Waals surface area contributed by atoms with E-state index in [2.05, 4.69) is 17.0 Å². The maximum atomic E-state index is 12.8. The van der Waals surface area contributed by atoms with Gasteiger partial charge in [-0.15, -0.1) is 0 Å². The molecule has 150 valence electrons. The van der Waals surface area contributed by atoms with E-state index in [0.717, 1.165) is 31.3 Å². The number of halogens is 3. The second-order valence-corrected chi connectivity index (χ2v) is 7.64. The average Bonchev–Trinajstić information content (AvgIpc) is 2.62. The minimum absolute atomic E-state index is 0.0988. The van der Waals surface area contributed by atoms with Gasteiger partial charge in [-0.3, -0.25) is 9.69 Å². The molecule has 0 unspecified atom stereocenters. The Hall–Kier alpha value is -2.34. The van der Waals surface area contributed by atoms with E-state index in [-0.39, 0.29) is 11.8 Å². The molecule has 0 radical (unpaired) electrons. The number of rotatable bonds is 6. The zero-order valence-corrected chi connectivity index (χ0v) is 16.2. The van der Waals surface area contributed by atoms with Crippen LogP contribution in [-0.2, 0) is 30.4 Å². The van der Waals surface area contributed by atoms with Gasteiger partial charge in [0.25, 0.3) is 0 Å². The van der Waals surface area contributed by atoms with Crippen molar-refractivity contribution in [3.05, 3.63) is 70.8 Å². The van der Waals surface area contributed by atoms with Crippen molar-refractivity contribution in [3.63, 3.8) is 0 Å². The van der Waals surface area contributed by atoms with Crippen LogP contribution in [0.1, 0.15) is 22.3 Å². The Balaban J connectivity index is 1.49. The highest BCUT2D eigenvalue weighted by atomic mass is 19.4. The van der Waals surface area contributed by atoms with E-state index in [1.807, 2.05) is 12.1 Å². The van der Waals surface area contributed by atoms with E-state index in [1.54, 1.807) is 25.1 Å². The van der Waals surface area contributed by atoms with Crippen molar-refractivity contribution in [2.45, 2.75) is 25.6 Å². The molecule has 1 heterocycles. The molecule has 3 rings (SSSR count). The van der Waals surface area contributed by atoms with Crippen molar-refractivity contribution in [1.82, 2.24) is 9.80 Å². The molecule has 1 amide bonds. The van der Waals surface area contributed by atoms with Crippen LogP contribution < -0.4 is 0 Å². The molecule has 0 bridgehead atoms. The summed E-state index contributed by atoms with van der Waals surface area (Å²) < 4.78 is 38.4. The Morgan fingerprint density at radius 3 is 2.21 bits per heavy atom. The smallest absolute Gasteiger partial charge is 0.348 e. The first-order valence-electron chi connectivity index (χ1n) is 9.40. The van der Waals surface area contributed by atoms with Crippen molar-refractivity contribution in [1.29, 1.82) is 0 Å². The van der Waals surface area contributed by atoms with Crippen LogP contribution in [0.5, 0.6) is 0 Å². The molecule has 1 aliphatic heterocycles. The number of hydrogen-bond donors (Lipinski definition) is 0. The quantitative estimate of drug-likeness (QED) is 0.744. The molecule has 28 heavy (non-hydrogen) atoms. The number of carbonyl (C=O) groups is 1. The first kappa shape index (κ1) is 20.4. The van der Waals surface area contributed by atoms with Gasteiger partial charge in [0, 0.05) is 33.7 Å². The lowest BCUT2D eigenvalue weighted by molar-refractivity contribution is -0.139. The Morgan fingerprint density at radius 1 is 1.00 bits per heavy atom. The lowest BCUT2D eigenvalue weighted by Gasteiger charge is -2.39. The zero-order valence-electron chi connectivity index (χ0n) is 16.2. The molecular formula is C22H25F3N2O. The third kappa shape index (κ3) is 5.13. The van der Waals surface area contributed by atoms with Gasteiger partial charge in [-0.1, -0.05) is 42.5 Å². The van der Waals surface area contributed by atoms with Crippen molar-refractivity contribution in [2.75, 3.05) is 27.2 Å². The highest BCUT2D eigenvalue weighted by Crippen LogP contribution is 2.29. The number of hydrogen-bond acceptors (Lipinski definition) is 2. The zero-order chi connectivity index (χ0) is 20.3. The average molecular weight is 390 g/mol. The molecule has 2 aromatic carbocycles. The Kier molecular flexibility index (Phi) is 6.08. The third-order valence-electron chi connectivity index (χ3n) is 5.13. The summed E-state index contributed by atoms with van der Waals surface area (Å²) in [6.07, 6.45) is -3.03. The first-order valence-corrected chi connectivity index (χ1v) is 9.40. The van der Waals surface area contributed by atoms with E-state index in [9.17, 15) is 18.0 Å². The van der Waals surface area contributed by atoms with E-state index < -0.39 is 11.7 Å². The van der Waals surface area contributed by atoms with Gasteiger partial charge < -0.3 is 4.90 Å². The highest BCUT2D eigenvalue weighted by Gasteiger charge is 2.33. The molecule has 0 saturated carbocycles. The summed E-state index contributed by atoms with van der Waals surface area (Å²) in [7, 11) is 3.56. The number of alkyl halides is 3. The molecule has 0 aromatic heterocycles. The van der Waals surface area contributed by atoms with Gasteiger partial charge in [0.05, 0.1) is 11.5 Å². The summed E-state index contributed by atoms with van der Waals surface area (Å²) >= 11 is 0. The molecule has 6 heteroatoms. The summed E-state index contributed by atoms with van der Waals surface area (Å²) in [4.78, 5) is 15.7. The van der Waals surface area contributed by atoms with Crippen LogP contribution in [0.15, 0.2) is 48.5 Å². The maximum absolute atomic E-state index is 12.8. The fraction of sp³-hybridized carbons (Fsp3) is 0.409. The molecule has 2 aromatic rings. The normalized spacial score (nSPS) is 15.3. The molecule has 1 saturated heterocycles. The van der Waals surface area contributed by atoms with Crippen LogP contribution in [0.3, 0.4) is 0 Å². The van der Waals surface area contributed by atoms with Crippen molar-refractivity contribution in [3.8, 4) is 0 Å². The second kappa shape index (κ2) is 8.35. The van der Waals surface area contributed by atoms with Crippen LogP contribution in [0, 0.1) is 5.92 Å². The summed E-state index contributed by atoms with van der Waals surface area (Å²) in [5.74, 6) is 0.280. The number of aryl methyl sites for hydroxylation is 2. The lowest BCUT2D eigenvalue weighted by atomic mass is 9.97. The SMILES string of the molecule is CN(C)C(=O)C1CN(Cc2ccc(CCc3cccc(C(F)(F)F)c3)cc2)C1. The third-order valence-corrected chi connectivity index (χ3v) is 5.13. The minimum atomic E-state index is -4.30. The van der Waals surface area contributed by atoms with Gasteiger partial charge in [0.2, 0.25) is 5.91 Å². The molecule has 0 spiro atoms. The second-order valence-electron chi connectivity index (χ2n) is 7.64. The minimum Gasteiger partial charge on any atom is -0.348 e. The van der Waals surface area contributed by atoms with Gasteiger partial charge in [-0.25, -0.2) is 0 Å². The predicted octanol–water partition coefficient (Wildman–Crippen LogP) is 4.01. The Labute approximate surface area is 163 Å². The summed E-state index contributed by atoms with van der Waals surface area (Å²) in [5.41, 5.74) is 2.38. The van der Waals surface area contributed by atoms with Crippen molar-refractivity contribution >= 4 is 5.91 Å². The number of benzene rings is 2. The van der Waals surface area contributed by atoms with E-state index in [0.29, 0.717) is 18.4 Å². The van der Waals surface area contributed by atoms with E-state index in [4.69, 9.17) is 0 Å². The largest absolute Gasteiger partial charge is 0.416 e. The molecule has 1 aliphatic rings. The van der Waals surface area contributed by atoms with E-state index in [1.165, 1.54) is 17.7 Å². The van der Waals surface area contributed by atoms with Gasteiger partial charge in [-0.2, -0.15) is 13.2 Å². The van der Waals surface area contributed by atoms with Crippen molar-refractivity contribution in [2.24, 2.45) is 5.92 Å². The van der Waals surface area contributed by atoms with Gasteiger partial charge >= 0.3 is 6.18 Å². The molecule has 3 nitrogen and oxygen atoms in total. The van der Waals surface area contributed by atoms with Gasteiger partial charge in [-0.05, 0) is 35.6 Å².